The van der Waals surface area contributed by atoms with Crippen LogP contribution in [0.1, 0.15) is 0 Å². The van der Waals surface area contributed by atoms with Gasteiger partial charge in [-0.1, -0.05) is 0 Å². The summed E-state index contributed by atoms with van der Waals surface area (Å²) < 4.78 is 68.2. The molecular weight excluding hydrogens is 352 g/mol. The molecule has 104 valence electrons. The van der Waals surface area contributed by atoms with E-state index in [-0.39, 0.29) is 103 Å². The summed E-state index contributed by atoms with van der Waals surface area (Å²) in [6.45, 7) is 0. The van der Waals surface area contributed by atoms with E-state index in [9.17, 15) is 0 Å². The van der Waals surface area contributed by atoms with Gasteiger partial charge in [0, 0.05) is 20.8 Å². The van der Waals surface area contributed by atoms with E-state index in [4.69, 9.17) is 35.0 Å². The van der Waals surface area contributed by atoms with Crippen LogP contribution in [0, 0.1) is 0 Å². The fraction of sp³-hybridized carbons (Fsp3) is 0. The third-order valence-corrected chi connectivity index (χ3v) is 0. The smallest absolute Gasteiger partial charge is 0.759 e. The van der Waals surface area contributed by atoms with E-state index >= 15 is 0 Å². The second kappa shape index (κ2) is 26.6. The standard InChI is InChI=1S/2Ca.2H2O4S.5H2O/c;;2*1-5(2,3)4;;;;;/h;;2*(H2,1,2,3,4);5*1H2/q2*+2;;;;;;;/p-4. The molecule has 0 radical (unpaired) electrons. The van der Waals surface area contributed by atoms with E-state index < -0.39 is 20.8 Å². The zero-order valence-electron chi connectivity index (χ0n) is 8.00. The minimum absolute atomic E-state index is 0. The summed E-state index contributed by atoms with van der Waals surface area (Å²) in [5.41, 5.74) is 0. The molecule has 0 rings (SSSR count). The first-order valence-electron chi connectivity index (χ1n) is 1.33. The molecule has 0 aliphatic heterocycles. The van der Waals surface area contributed by atoms with Crippen LogP contribution < -0.4 is 0 Å². The van der Waals surface area contributed by atoms with Gasteiger partial charge < -0.3 is 45.6 Å². The molecule has 0 aromatic rings. The molecule has 13 nitrogen and oxygen atoms in total. The topological polar surface area (TPSA) is 318 Å². The summed E-state index contributed by atoms with van der Waals surface area (Å²) in [6, 6.07) is 0. The maximum Gasteiger partial charge on any atom is 2.00 e. The molecule has 0 amide bonds. The van der Waals surface area contributed by atoms with E-state index in [1.54, 1.807) is 0 Å². The van der Waals surface area contributed by atoms with Gasteiger partial charge in [0.1, 0.15) is 0 Å². The molecule has 0 aromatic heterocycles. The van der Waals surface area contributed by atoms with Crippen LogP contribution in [0.5, 0.6) is 0 Å². The molecule has 0 bridgehead atoms. The van der Waals surface area contributed by atoms with Crippen LogP contribution in [0.25, 0.3) is 0 Å². The average molecular weight is 362 g/mol. The maximum atomic E-state index is 8.52. The summed E-state index contributed by atoms with van der Waals surface area (Å²) in [6.07, 6.45) is 0. The van der Waals surface area contributed by atoms with Crippen LogP contribution in [-0.4, -0.2) is 138 Å². The molecule has 10 N–H and O–H groups in total. The van der Waals surface area contributed by atoms with Crippen molar-refractivity contribution in [2.75, 3.05) is 0 Å². The molecule has 0 unspecified atom stereocenters. The maximum absolute atomic E-state index is 8.52. The van der Waals surface area contributed by atoms with Gasteiger partial charge in [0.15, 0.2) is 0 Å². The van der Waals surface area contributed by atoms with Crippen molar-refractivity contribution in [1.29, 1.82) is 0 Å². The molecule has 0 aliphatic carbocycles. The Morgan fingerprint density at radius 3 is 0.471 bits per heavy atom. The SMILES string of the molecule is O.O.O.O.O.O=S(=O)([O-])[O-].O=S(=O)([O-])[O-].[Ca+2].[Ca+2]. The molecule has 0 spiro atoms. The van der Waals surface area contributed by atoms with Crippen molar-refractivity contribution in [3.8, 4) is 0 Å². The Labute approximate surface area is 156 Å². The van der Waals surface area contributed by atoms with Crippen molar-refractivity contribution in [3.05, 3.63) is 0 Å². The largest absolute Gasteiger partial charge is 2.00 e. The van der Waals surface area contributed by atoms with Crippen LogP contribution in [0.4, 0.5) is 0 Å². The second-order valence-corrected chi connectivity index (χ2v) is 2.45. The van der Waals surface area contributed by atoms with Crippen LogP contribution in [0.15, 0.2) is 0 Å². The summed E-state index contributed by atoms with van der Waals surface area (Å²) in [5, 5.41) is 0. The zero-order chi connectivity index (χ0) is 9.00. The second-order valence-electron chi connectivity index (χ2n) is 0.816. The van der Waals surface area contributed by atoms with E-state index in [1.165, 1.54) is 0 Å². The predicted octanol–water partition coefficient (Wildman–Crippen LogP) is -7.56. The molecule has 0 fully saturated rings. The van der Waals surface area contributed by atoms with Crippen molar-refractivity contribution in [2.24, 2.45) is 0 Å². The average Bonchev–Trinajstić information content (AvgIpc) is 1.12. The molecule has 0 saturated heterocycles. The summed E-state index contributed by atoms with van der Waals surface area (Å²) >= 11 is 0. The van der Waals surface area contributed by atoms with Gasteiger partial charge in [-0.15, -0.1) is 0 Å². The first-order valence-corrected chi connectivity index (χ1v) is 4.00. The van der Waals surface area contributed by atoms with Gasteiger partial charge in [0.25, 0.3) is 0 Å². The summed E-state index contributed by atoms with van der Waals surface area (Å²) in [5.74, 6) is 0. The van der Waals surface area contributed by atoms with Crippen LogP contribution in [0.3, 0.4) is 0 Å². The molecule has 0 aliphatic rings. The monoisotopic (exact) mass is 362 g/mol. The quantitative estimate of drug-likeness (QED) is 0.225. The van der Waals surface area contributed by atoms with Gasteiger partial charge in [-0.05, 0) is 0 Å². The Morgan fingerprint density at radius 1 is 0.471 bits per heavy atom. The Kier molecular flexibility index (Phi) is 96.1. The minimum Gasteiger partial charge on any atom is -0.759 e. The van der Waals surface area contributed by atoms with E-state index in [0.717, 1.165) is 0 Å². The zero-order valence-corrected chi connectivity index (χ0v) is 14.0. The molecule has 0 aromatic carbocycles. The van der Waals surface area contributed by atoms with Crippen LogP contribution >= 0.6 is 0 Å². The molecule has 0 heterocycles. The Balaban J connectivity index is -0.00000000762. The van der Waals surface area contributed by atoms with Gasteiger partial charge in [-0.25, -0.2) is 0 Å². The van der Waals surface area contributed by atoms with Crippen molar-refractivity contribution >= 4 is 96.3 Å². The van der Waals surface area contributed by atoms with Crippen molar-refractivity contribution in [3.63, 3.8) is 0 Å². The van der Waals surface area contributed by atoms with Crippen molar-refractivity contribution in [1.82, 2.24) is 0 Å². The summed E-state index contributed by atoms with van der Waals surface area (Å²) in [4.78, 5) is 0. The van der Waals surface area contributed by atoms with Gasteiger partial charge in [-0.3, -0.25) is 16.8 Å². The Hall–Kier alpha value is 2.06. The van der Waals surface area contributed by atoms with Gasteiger partial charge >= 0.3 is 75.5 Å². The van der Waals surface area contributed by atoms with Gasteiger partial charge in [-0.2, -0.15) is 0 Å². The number of hydrogen-bond acceptors (Lipinski definition) is 8. The summed E-state index contributed by atoms with van der Waals surface area (Å²) in [7, 11) is -10.3. The fourth-order valence-electron chi connectivity index (χ4n) is 0. The molecule has 17 heteroatoms. The van der Waals surface area contributed by atoms with Gasteiger partial charge in [0.05, 0.1) is 0 Å². The van der Waals surface area contributed by atoms with Gasteiger partial charge in [0.2, 0.25) is 0 Å². The Morgan fingerprint density at radius 2 is 0.471 bits per heavy atom. The van der Waals surface area contributed by atoms with Crippen molar-refractivity contribution < 1.29 is 62.4 Å². The fourth-order valence-corrected chi connectivity index (χ4v) is 0. The predicted molar refractivity (Wildman–Crippen MR) is 50.5 cm³/mol. The molecule has 17 heavy (non-hydrogen) atoms. The van der Waals surface area contributed by atoms with E-state index in [0.29, 0.717) is 0 Å². The van der Waals surface area contributed by atoms with E-state index in [2.05, 4.69) is 0 Å². The Bertz CT molecular complexity index is 214. The number of rotatable bonds is 0. The molecule has 0 saturated carbocycles. The minimum atomic E-state index is -5.17. The molecule has 0 atom stereocenters. The van der Waals surface area contributed by atoms with Crippen LogP contribution in [0.2, 0.25) is 0 Å². The normalized spacial score (nSPS) is 6.82. The first kappa shape index (κ1) is 61.4. The molecular formula is H10Ca2O13S2. The first-order chi connectivity index (χ1) is 4.00. The third kappa shape index (κ3) is 1100. The van der Waals surface area contributed by atoms with Crippen LogP contribution in [-0.2, 0) is 20.8 Å². The number of hydrogen-bond donors (Lipinski definition) is 0. The third-order valence-electron chi connectivity index (χ3n) is 0. The van der Waals surface area contributed by atoms with Crippen molar-refractivity contribution in [2.45, 2.75) is 0 Å². The van der Waals surface area contributed by atoms with E-state index in [1.807, 2.05) is 0 Å².